The van der Waals surface area contributed by atoms with Crippen molar-refractivity contribution in [2.24, 2.45) is 11.7 Å². The molecular weight excluding hydrogens is 201 g/mol. The smallest absolute Gasteiger partial charge is 0.322 e. The Morgan fingerprint density at radius 1 is 1.58 bits per heavy atom. The second-order valence-corrected chi connectivity index (χ2v) is 3.84. The van der Waals surface area contributed by atoms with Crippen molar-refractivity contribution >= 4 is 29.2 Å². The topological polar surface area (TPSA) is 52.3 Å². The minimum absolute atomic E-state index is 0.0116. The summed E-state index contributed by atoms with van der Waals surface area (Å²) < 4.78 is 4.44. The van der Waals surface area contributed by atoms with Crippen molar-refractivity contribution in [2.75, 3.05) is 7.11 Å². The molecule has 0 saturated carbocycles. The van der Waals surface area contributed by atoms with Crippen LogP contribution in [0.1, 0.15) is 13.3 Å². The van der Waals surface area contributed by atoms with E-state index in [2.05, 4.69) is 4.74 Å². The van der Waals surface area contributed by atoms with Crippen LogP contribution >= 0.6 is 23.2 Å². The molecule has 0 aliphatic carbocycles. The molecule has 0 radical (unpaired) electrons. The summed E-state index contributed by atoms with van der Waals surface area (Å²) in [5.41, 5.74) is 5.47. The normalized spacial score (nSPS) is 15.8. The number of nitrogens with two attached hydrogens (primary N) is 1. The quantitative estimate of drug-likeness (QED) is 0.567. The third-order valence-electron chi connectivity index (χ3n) is 1.56. The Morgan fingerprint density at radius 2 is 2.08 bits per heavy atom. The van der Waals surface area contributed by atoms with Gasteiger partial charge in [-0.15, -0.1) is 23.2 Å². The molecule has 0 aliphatic heterocycles. The fourth-order valence-electron chi connectivity index (χ4n) is 0.751. The van der Waals surface area contributed by atoms with Gasteiger partial charge in [-0.25, -0.2) is 0 Å². The molecule has 3 nitrogen and oxygen atoms in total. The highest BCUT2D eigenvalue weighted by atomic mass is 35.5. The first-order valence-corrected chi connectivity index (χ1v) is 4.47. The van der Waals surface area contributed by atoms with Crippen LogP contribution in [0, 0.1) is 5.92 Å². The molecule has 0 unspecified atom stereocenters. The van der Waals surface area contributed by atoms with Gasteiger partial charge in [0.25, 0.3) is 0 Å². The number of ether oxygens (including phenoxy) is 1. The van der Waals surface area contributed by atoms with Crippen LogP contribution in [0.15, 0.2) is 0 Å². The molecule has 0 aliphatic rings. The molecule has 0 saturated heterocycles. The summed E-state index contributed by atoms with van der Waals surface area (Å²) in [6.45, 7) is 1.83. The zero-order chi connectivity index (χ0) is 9.72. The molecule has 72 valence electrons. The molecular formula is C7H13Cl2NO2. The molecule has 0 aromatic rings. The SMILES string of the molecule is COC(=O)[C@@H](N)C[C@H](C)C(Cl)Cl. The van der Waals surface area contributed by atoms with Gasteiger partial charge in [-0.05, 0) is 12.3 Å². The van der Waals surface area contributed by atoms with E-state index in [0.29, 0.717) is 6.42 Å². The predicted octanol–water partition coefficient (Wildman–Crippen LogP) is 1.32. The van der Waals surface area contributed by atoms with Crippen molar-refractivity contribution in [3.63, 3.8) is 0 Å². The van der Waals surface area contributed by atoms with E-state index in [9.17, 15) is 4.79 Å². The number of alkyl halides is 2. The highest BCUT2D eigenvalue weighted by Gasteiger charge is 2.20. The fraction of sp³-hybridized carbons (Fsp3) is 0.857. The standard InChI is InChI=1S/C7H13Cl2NO2/c1-4(6(8)9)3-5(10)7(11)12-2/h4-6H,3,10H2,1-2H3/t4-,5-/m0/s1. The van der Waals surface area contributed by atoms with Gasteiger partial charge in [-0.3, -0.25) is 4.79 Å². The zero-order valence-electron chi connectivity index (χ0n) is 7.09. The van der Waals surface area contributed by atoms with Gasteiger partial charge in [-0.2, -0.15) is 0 Å². The van der Waals surface area contributed by atoms with Gasteiger partial charge in [-0.1, -0.05) is 6.92 Å². The highest BCUT2D eigenvalue weighted by Crippen LogP contribution is 2.19. The van der Waals surface area contributed by atoms with Crippen molar-refractivity contribution < 1.29 is 9.53 Å². The van der Waals surface area contributed by atoms with Crippen molar-refractivity contribution in [1.82, 2.24) is 0 Å². The zero-order valence-corrected chi connectivity index (χ0v) is 8.60. The summed E-state index contributed by atoms with van der Waals surface area (Å²) >= 11 is 11.2. The van der Waals surface area contributed by atoms with Crippen molar-refractivity contribution in [3.8, 4) is 0 Å². The van der Waals surface area contributed by atoms with Gasteiger partial charge >= 0.3 is 5.97 Å². The van der Waals surface area contributed by atoms with E-state index in [4.69, 9.17) is 28.9 Å². The van der Waals surface area contributed by atoms with E-state index in [1.165, 1.54) is 7.11 Å². The molecule has 0 heterocycles. The third kappa shape index (κ3) is 4.14. The second-order valence-electron chi connectivity index (χ2n) is 2.68. The molecule has 12 heavy (non-hydrogen) atoms. The van der Waals surface area contributed by atoms with Crippen molar-refractivity contribution in [3.05, 3.63) is 0 Å². The summed E-state index contributed by atoms with van der Waals surface area (Å²) in [4.78, 5) is 10.3. The first-order valence-electron chi connectivity index (χ1n) is 3.60. The third-order valence-corrected chi connectivity index (χ3v) is 2.42. The monoisotopic (exact) mass is 213 g/mol. The Hall–Kier alpha value is 0.01000. The Balaban J connectivity index is 3.83. The Morgan fingerprint density at radius 3 is 2.42 bits per heavy atom. The molecule has 0 amide bonds. The summed E-state index contributed by atoms with van der Waals surface area (Å²) in [6, 6.07) is -0.634. The molecule has 2 N–H and O–H groups in total. The van der Waals surface area contributed by atoms with Crippen LogP contribution in [0.4, 0.5) is 0 Å². The highest BCUT2D eigenvalue weighted by molar-refractivity contribution is 6.44. The van der Waals surface area contributed by atoms with E-state index >= 15 is 0 Å². The number of esters is 1. The van der Waals surface area contributed by atoms with Crippen molar-refractivity contribution in [2.45, 2.75) is 24.2 Å². The van der Waals surface area contributed by atoms with Crippen molar-refractivity contribution in [1.29, 1.82) is 0 Å². The van der Waals surface area contributed by atoms with Crippen LogP contribution in [0.25, 0.3) is 0 Å². The van der Waals surface area contributed by atoms with Crippen LogP contribution in [0.5, 0.6) is 0 Å². The van der Waals surface area contributed by atoms with Crippen LogP contribution in [-0.4, -0.2) is 24.0 Å². The van der Waals surface area contributed by atoms with Gasteiger partial charge in [0.05, 0.1) is 7.11 Å². The fourth-order valence-corrected chi connectivity index (χ4v) is 0.957. The van der Waals surface area contributed by atoms with E-state index in [1.54, 1.807) is 0 Å². The molecule has 0 aromatic heterocycles. The molecule has 0 fully saturated rings. The lowest BCUT2D eigenvalue weighted by Gasteiger charge is -2.15. The summed E-state index contributed by atoms with van der Waals surface area (Å²) in [5.74, 6) is -0.446. The number of carbonyl (C=O) groups is 1. The average molecular weight is 214 g/mol. The number of hydrogen-bond acceptors (Lipinski definition) is 3. The molecule has 0 aromatic carbocycles. The lowest BCUT2D eigenvalue weighted by molar-refractivity contribution is -0.142. The summed E-state index contributed by atoms with van der Waals surface area (Å²) in [6.07, 6.45) is 0.435. The Labute approximate surface area is 82.2 Å². The lowest BCUT2D eigenvalue weighted by atomic mass is 10.0. The van der Waals surface area contributed by atoms with E-state index in [0.717, 1.165) is 0 Å². The largest absolute Gasteiger partial charge is 0.468 e. The van der Waals surface area contributed by atoms with Crippen LogP contribution in [0.2, 0.25) is 0 Å². The van der Waals surface area contributed by atoms with Crippen LogP contribution in [0.3, 0.4) is 0 Å². The number of halogens is 2. The number of methoxy groups -OCH3 is 1. The van der Waals surface area contributed by atoms with Gasteiger partial charge in [0.1, 0.15) is 10.9 Å². The summed E-state index contributed by atoms with van der Waals surface area (Å²) in [5, 5.41) is 0. The van der Waals surface area contributed by atoms with Gasteiger partial charge in [0.2, 0.25) is 0 Å². The number of hydrogen-bond donors (Lipinski definition) is 1. The Kier molecular flexibility index (Phi) is 5.63. The number of carbonyl (C=O) groups excluding carboxylic acids is 1. The maximum atomic E-state index is 10.8. The minimum atomic E-state index is -0.634. The van der Waals surface area contributed by atoms with E-state index in [1.807, 2.05) is 6.92 Å². The molecule has 0 spiro atoms. The Bertz CT molecular complexity index is 152. The first kappa shape index (κ1) is 12.0. The van der Waals surface area contributed by atoms with E-state index < -0.39 is 16.8 Å². The predicted molar refractivity (Wildman–Crippen MR) is 49.3 cm³/mol. The summed E-state index contributed by atoms with van der Waals surface area (Å²) in [7, 11) is 1.30. The molecule has 2 atom stereocenters. The van der Waals surface area contributed by atoms with Gasteiger partial charge in [0.15, 0.2) is 0 Å². The molecule has 5 heteroatoms. The lowest BCUT2D eigenvalue weighted by Crippen LogP contribution is -2.34. The van der Waals surface area contributed by atoms with Crippen LogP contribution < -0.4 is 5.73 Å². The van der Waals surface area contributed by atoms with Gasteiger partial charge in [0, 0.05) is 0 Å². The maximum absolute atomic E-state index is 10.8. The molecule has 0 bridgehead atoms. The maximum Gasteiger partial charge on any atom is 0.322 e. The second kappa shape index (κ2) is 5.62. The number of rotatable bonds is 4. The van der Waals surface area contributed by atoms with Crippen LogP contribution in [-0.2, 0) is 9.53 Å². The van der Waals surface area contributed by atoms with Gasteiger partial charge < -0.3 is 10.5 Å². The minimum Gasteiger partial charge on any atom is -0.468 e. The first-order chi connectivity index (χ1) is 5.49. The average Bonchev–Trinajstić information content (AvgIpc) is 2.02. The molecule has 0 rings (SSSR count). The van der Waals surface area contributed by atoms with E-state index in [-0.39, 0.29) is 5.92 Å².